The molecule has 3 nitrogen and oxygen atoms in total. The predicted octanol–water partition coefficient (Wildman–Crippen LogP) is 4.51. The molecule has 0 fully saturated rings. The summed E-state index contributed by atoms with van der Waals surface area (Å²) in [6, 6.07) is 15.9. The first kappa shape index (κ1) is 15.4. The summed E-state index contributed by atoms with van der Waals surface area (Å²) in [6.07, 6.45) is 0. The minimum Gasteiger partial charge on any atom is -0.491 e. The average Bonchev–Trinajstić information content (AvgIpc) is 2.47. The van der Waals surface area contributed by atoms with Crippen molar-refractivity contribution in [2.45, 2.75) is 19.9 Å². The number of anilines is 1. The van der Waals surface area contributed by atoms with Crippen molar-refractivity contribution in [1.82, 2.24) is 0 Å². The van der Waals surface area contributed by atoms with Crippen LogP contribution in [-0.2, 0) is 0 Å². The molecule has 2 aromatic rings. The monoisotopic (exact) mass is 344 g/mol. The Balaban J connectivity index is 1.89. The fourth-order valence-electron chi connectivity index (χ4n) is 1.88. The van der Waals surface area contributed by atoms with Gasteiger partial charge < -0.3 is 10.1 Å². The van der Waals surface area contributed by atoms with E-state index in [0.29, 0.717) is 12.2 Å². The Labute approximate surface area is 133 Å². The summed E-state index contributed by atoms with van der Waals surface area (Å²) in [6.45, 7) is 4.68. The highest BCUT2D eigenvalue weighted by Crippen LogP contribution is 2.21. The van der Waals surface area contributed by atoms with E-state index < -0.39 is 0 Å². The summed E-state index contributed by atoms with van der Waals surface area (Å²) in [7, 11) is 0. The molecule has 0 bridgehead atoms. The highest BCUT2D eigenvalue weighted by Gasteiger charge is 2.05. The molecular formula is C17H17BrN2O. The quantitative estimate of drug-likeness (QED) is 0.867. The second kappa shape index (κ2) is 7.14. The molecule has 0 heterocycles. The SMILES string of the molecule is Cc1ccc(OCC(C)Nc2ccc(C#N)c(Br)c2)cc1. The van der Waals surface area contributed by atoms with E-state index in [2.05, 4.69) is 41.2 Å². The molecule has 0 saturated carbocycles. The summed E-state index contributed by atoms with van der Waals surface area (Å²) in [5.41, 5.74) is 2.81. The molecule has 0 amide bonds. The Morgan fingerprint density at radius 1 is 1.24 bits per heavy atom. The maximum atomic E-state index is 8.90. The van der Waals surface area contributed by atoms with Gasteiger partial charge in [0.15, 0.2) is 0 Å². The van der Waals surface area contributed by atoms with Crippen molar-refractivity contribution in [1.29, 1.82) is 5.26 Å². The number of benzene rings is 2. The first-order valence-electron chi connectivity index (χ1n) is 6.74. The van der Waals surface area contributed by atoms with Crippen molar-refractivity contribution in [3.8, 4) is 11.8 Å². The predicted molar refractivity (Wildman–Crippen MR) is 88.6 cm³/mol. The van der Waals surface area contributed by atoms with Crippen molar-refractivity contribution in [2.24, 2.45) is 0 Å². The van der Waals surface area contributed by atoms with E-state index in [1.165, 1.54) is 5.56 Å². The van der Waals surface area contributed by atoms with Gasteiger partial charge in [-0.3, -0.25) is 0 Å². The number of rotatable bonds is 5. The van der Waals surface area contributed by atoms with Crippen molar-refractivity contribution < 1.29 is 4.74 Å². The summed E-state index contributed by atoms with van der Waals surface area (Å²) >= 11 is 3.39. The van der Waals surface area contributed by atoms with Crippen LogP contribution >= 0.6 is 15.9 Å². The van der Waals surface area contributed by atoms with Gasteiger partial charge in [-0.25, -0.2) is 0 Å². The van der Waals surface area contributed by atoms with Gasteiger partial charge in [0.25, 0.3) is 0 Å². The summed E-state index contributed by atoms with van der Waals surface area (Å²) in [4.78, 5) is 0. The van der Waals surface area contributed by atoms with Crippen LogP contribution in [0.25, 0.3) is 0 Å². The van der Waals surface area contributed by atoms with Gasteiger partial charge >= 0.3 is 0 Å². The number of nitriles is 1. The van der Waals surface area contributed by atoms with E-state index in [4.69, 9.17) is 10.00 Å². The largest absolute Gasteiger partial charge is 0.491 e. The van der Waals surface area contributed by atoms with Gasteiger partial charge in [0.05, 0.1) is 11.6 Å². The van der Waals surface area contributed by atoms with Crippen LogP contribution in [-0.4, -0.2) is 12.6 Å². The molecule has 0 radical (unpaired) electrons. The first-order valence-corrected chi connectivity index (χ1v) is 7.53. The van der Waals surface area contributed by atoms with Gasteiger partial charge in [0, 0.05) is 10.2 Å². The Kier molecular flexibility index (Phi) is 5.24. The van der Waals surface area contributed by atoms with Gasteiger partial charge in [-0.2, -0.15) is 5.26 Å². The average molecular weight is 345 g/mol. The van der Waals surface area contributed by atoms with Crippen LogP contribution in [0.15, 0.2) is 46.9 Å². The summed E-state index contributed by atoms with van der Waals surface area (Å²) < 4.78 is 6.54. The number of nitrogens with one attached hydrogen (secondary N) is 1. The third-order valence-corrected chi connectivity index (χ3v) is 3.68. The summed E-state index contributed by atoms with van der Waals surface area (Å²) in [5, 5.41) is 12.3. The molecule has 1 atom stereocenters. The van der Waals surface area contributed by atoms with E-state index in [1.807, 2.05) is 36.4 Å². The van der Waals surface area contributed by atoms with Crippen LogP contribution in [0.1, 0.15) is 18.1 Å². The lowest BCUT2D eigenvalue weighted by molar-refractivity contribution is 0.304. The number of nitrogens with zero attached hydrogens (tertiary/aromatic N) is 1. The Hall–Kier alpha value is -1.99. The smallest absolute Gasteiger partial charge is 0.119 e. The van der Waals surface area contributed by atoms with Gasteiger partial charge in [-0.15, -0.1) is 0 Å². The molecule has 1 N–H and O–H groups in total. The maximum absolute atomic E-state index is 8.90. The number of ether oxygens (including phenoxy) is 1. The normalized spacial score (nSPS) is 11.5. The molecule has 0 aliphatic carbocycles. The zero-order chi connectivity index (χ0) is 15.2. The minimum atomic E-state index is 0.158. The van der Waals surface area contributed by atoms with Crippen LogP contribution in [0.3, 0.4) is 0 Å². The van der Waals surface area contributed by atoms with Crippen LogP contribution in [0.4, 0.5) is 5.69 Å². The highest BCUT2D eigenvalue weighted by atomic mass is 79.9. The number of hydrogen-bond acceptors (Lipinski definition) is 3. The third kappa shape index (κ3) is 4.51. The molecule has 0 spiro atoms. The highest BCUT2D eigenvalue weighted by molar-refractivity contribution is 9.10. The number of halogens is 1. The molecule has 21 heavy (non-hydrogen) atoms. The van der Waals surface area contributed by atoms with Crippen molar-refractivity contribution in [3.63, 3.8) is 0 Å². The first-order chi connectivity index (χ1) is 10.1. The molecule has 4 heteroatoms. The topological polar surface area (TPSA) is 45.0 Å². The Morgan fingerprint density at radius 2 is 1.95 bits per heavy atom. The van der Waals surface area contributed by atoms with Crippen LogP contribution < -0.4 is 10.1 Å². The number of aryl methyl sites for hydroxylation is 1. The molecule has 0 aromatic heterocycles. The van der Waals surface area contributed by atoms with E-state index in [-0.39, 0.29) is 6.04 Å². The van der Waals surface area contributed by atoms with Crippen molar-refractivity contribution >= 4 is 21.6 Å². The maximum Gasteiger partial charge on any atom is 0.119 e. The van der Waals surface area contributed by atoms with Gasteiger partial charge in [0.2, 0.25) is 0 Å². The molecule has 108 valence electrons. The Morgan fingerprint density at radius 3 is 2.57 bits per heavy atom. The fourth-order valence-corrected chi connectivity index (χ4v) is 2.34. The van der Waals surface area contributed by atoms with Crippen molar-refractivity contribution in [3.05, 3.63) is 58.1 Å². The molecule has 0 saturated heterocycles. The van der Waals surface area contributed by atoms with E-state index in [9.17, 15) is 0 Å². The second-order valence-corrected chi connectivity index (χ2v) is 5.83. The zero-order valence-electron chi connectivity index (χ0n) is 12.1. The molecule has 1 unspecified atom stereocenters. The molecule has 2 rings (SSSR count). The van der Waals surface area contributed by atoms with Crippen LogP contribution in [0.5, 0.6) is 5.75 Å². The fraction of sp³-hybridized carbons (Fsp3) is 0.235. The van der Waals surface area contributed by atoms with Crippen LogP contribution in [0, 0.1) is 18.3 Å². The lowest BCUT2D eigenvalue weighted by atomic mass is 10.2. The Bertz CT molecular complexity index is 647. The molecule has 2 aromatic carbocycles. The van der Waals surface area contributed by atoms with E-state index in [1.54, 1.807) is 6.07 Å². The van der Waals surface area contributed by atoms with Crippen LogP contribution in [0.2, 0.25) is 0 Å². The molecule has 0 aliphatic heterocycles. The van der Waals surface area contributed by atoms with Gasteiger partial charge in [0.1, 0.15) is 18.4 Å². The van der Waals surface area contributed by atoms with Gasteiger partial charge in [-0.1, -0.05) is 17.7 Å². The molecular weight excluding hydrogens is 328 g/mol. The zero-order valence-corrected chi connectivity index (χ0v) is 13.6. The molecule has 0 aliphatic rings. The van der Waals surface area contributed by atoms with Gasteiger partial charge in [-0.05, 0) is 60.1 Å². The van der Waals surface area contributed by atoms with Crippen molar-refractivity contribution in [2.75, 3.05) is 11.9 Å². The van der Waals surface area contributed by atoms with E-state index in [0.717, 1.165) is 15.9 Å². The second-order valence-electron chi connectivity index (χ2n) is 4.98. The van der Waals surface area contributed by atoms with E-state index >= 15 is 0 Å². The third-order valence-electron chi connectivity index (χ3n) is 3.02. The minimum absolute atomic E-state index is 0.158. The standard InChI is InChI=1S/C17H17BrN2O/c1-12-3-7-16(8-4-12)21-11-13(2)20-15-6-5-14(10-19)17(18)9-15/h3-9,13,20H,11H2,1-2H3. The number of hydrogen-bond donors (Lipinski definition) is 1. The summed E-state index contributed by atoms with van der Waals surface area (Å²) in [5.74, 6) is 0.871. The lowest BCUT2D eigenvalue weighted by Crippen LogP contribution is -2.23. The lowest BCUT2D eigenvalue weighted by Gasteiger charge is -2.16.